The third kappa shape index (κ3) is 2.20. The summed E-state index contributed by atoms with van der Waals surface area (Å²) >= 11 is 1.71. The first-order valence-corrected chi connectivity index (χ1v) is 6.42. The Morgan fingerprint density at radius 3 is 3.20 bits per heavy atom. The second kappa shape index (κ2) is 4.75. The molecule has 1 aliphatic rings. The summed E-state index contributed by atoms with van der Waals surface area (Å²) < 4.78 is 0. The van der Waals surface area contributed by atoms with E-state index in [4.69, 9.17) is 0 Å². The Morgan fingerprint density at radius 1 is 1.67 bits per heavy atom. The number of amides is 1. The van der Waals surface area contributed by atoms with E-state index in [1.807, 2.05) is 17.2 Å². The lowest BCUT2D eigenvalue weighted by Gasteiger charge is -2.22. The largest absolute Gasteiger partial charge is 0.363 e. The molecule has 2 heterocycles. The van der Waals surface area contributed by atoms with Crippen LogP contribution in [0.5, 0.6) is 0 Å². The van der Waals surface area contributed by atoms with Crippen molar-refractivity contribution in [2.24, 2.45) is 0 Å². The number of rotatable bonds is 4. The molecule has 1 amide bonds. The fourth-order valence-corrected chi connectivity index (χ4v) is 2.98. The van der Waals surface area contributed by atoms with Gasteiger partial charge in [0, 0.05) is 18.4 Å². The number of carbonyl (C=O) groups is 1. The average Bonchev–Trinajstić information content (AvgIpc) is 2.84. The summed E-state index contributed by atoms with van der Waals surface area (Å²) in [5.41, 5.74) is 1.14. The summed E-state index contributed by atoms with van der Waals surface area (Å²) in [4.78, 5) is 16.9. The molecule has 1 aromatic rings. The third-order valence-electron chi connectivity index (χ3n) is 2.61. The summed E-state index contributed by atoms with van der Waals surface area (Å²) in [6, 6.07) is 4.03. The van der Waals surface area contributed by atoms with Gasteiger partial charge in [-0.25, -0.2) is 0 Å². The zero-order chi connectivity index (χ0) is 10.7. The van der Waals surface area contributed by atoms with Crippen molar-refractivity contribution < 1.29 is 4.79 Å². The number of hydrogen-bond donors (Lipinski definition) is 1. The van der Waals surface area contributed by atoms with E-state index in [1.165, 1.54) is 0 Å². The molecule has 1 fully saturated rings. The van der Waals surface area contributed by atoms with Gasteiger partial charge in [0.1, 0.15) is 5.37 Å². The molecule has 2 rings (SSSR count). The Labute approximate surface area is 94.2 Å². The zero-order valence-corrected chi connectivity index (χ0v) is 9.72. The fourth-order valence-electron chi connectivity index (χ4n) is 1.78. The monoisotopic (exact) mass is 224 g/mol. The van der Waals surface area contributed by atoms with Crippen LogP contribution in [0.25, 0.3) is 0 Å². The molecular weight excluding hydrogens is 208 g/mol. The van der Waals surface area contributed by atoms with Crippen LogP contribution < -0.4 is 0 Å². The average molecular weight is 224 g/mol. The van der Waals surface area contributed by atoms with Gasteiger partial charge in [0.25, 0.3) is 0 Å². The molecule has 1 atom stereocenters. The smallest absolute Gasteiger partial charge is 0.233 e. The van der Waals surface area contributed by atoms with Crippen LogP contribution in [0.2, 0.25) is 0 Å². The molecular formula is C11H16N2OS. The number of hydrogen-bond acceptors (Lipinski definition) is 2. The number of carbonyl (C=O) groups excluding carboxylic acids is 1. The molecule has 0 radical (unpaired) electrons. The van der Waals surface area contributed by atoms with Crippen LogP contribution in [0.4, 0.5) is 0 Å². The zero-order valence-electron chi connectivity index (χ0n) is 8.90. The first kappa shape index (κ1) is 10.6. The Balaban J connectivity index is 2.07. The van der Waals surface area contributed by atoms with Gasteiger partial charge in [-0.2, -0.15) is 0 Å². The number of nitrogens with one attached hydrogen (secondary N) is 1. The summed E-state index contributed by atoms with van der Waals surface area (Å²) in [6.07, 6.45) is 4.13. The Morgan fingerprint density at radius 2 is 2.53 bits per heavy atom. The highest BCUT2D eigenvalue weighted by molar-refractivity contribution is 8.00. The molecule has 1 N–H and O–H groups in total. The molecule has 15 heavy (non-hydrogen) atoms. The minimum absolute atomic E-state index is 0.207. The van der Waals surface area contributed by atoms with Gasteiger partial charge in [-0.1, -0.05) is 13.3 Å². The highest BCUT2D eigenvalue weighted by atomic mass is 32.2. The second-order valence-corrected chi connectivity index (χ2v) is 4.80. The van der Waals surface area contributed by atoms with Gasteiger partial charge < -0.3 is 9.88 Å². The lowest BCUT2D eigenvalue weighted by molar-refractivity contribution is -0.128. The maximum Gasteiger partial charge on any atom is 0.233 e. The predicted molar refractivity (Wildman–Crippen MR) is 62.6 cm³/mol. The van der Waals surface area contributed by atoms with E-state index >= 15 is 0 Å². The van der Waals surface area contributed by atoms with Crippen molar-refractivity contribution in [2.75, 3.05) is 12.3 Å². The molecule has 0 aliphatic carbocycles. The van der Waals surface area contributed by atoms with Gasteiger partial charge in [0.15, 0.2) is 0 Å². The van der Waals surface area contributed by atoms with Gasteiger partial charge in [-0.15, -0.1) is 11.8 Å². The van der Waals surface area contributed by atoms with Crippen LogP contribution in [0.15, 0.2) is 18.3 Å². The lowest BCUT2D eigenvalue weighted by Crippen LogP contribution is -2.29. The van der Waals surface area contributed by atoms with Crippen molar-refractivity contribution in [2.45, 2.75) is 25.1 Å². The van der Waals surface area contributed by atoms with E-state index in [0.717, 1.165) is 25.1 Å². The van der Waals surface area contributed by atoms with Crippen LogP contribution in [0.1, 0.15) is 30.8 Å². The van der Waals surface area contributed by atoms with Crippen LogP contribution in [0.3, 0.4) is 0 Å². The highest BCUT2D eigenvalue weighted by Crippen LogP contribution is 2.37. The summed E-state index contributed by atoms with van der Waals surface area (Å²) in [6.45, 7) is 3.03. The van der Waals surface area contributed by atoms with E-state index in [9.17, 15) is 4.79 Å². The van der Waals surface area contributed by atoms with E-state index in [-0.39, 0.29) is 11.3 Å². The van der Waals surface area contributed by atoms with Gasteiger partial charge >= 0.3 is 0 Å². The maximum atomic E-state index is 11.7. The molecule has 1 unspecified atom stereocenters. The maximum absolute atomic E-state index is 11.7. The van der Waals surface area contributed by atoms with Crippen molar-refractivity contribution >= 4 is 17.7 Å². The van der Waals surface area contributed by atoms with E-state index in [2.05, 4.69) is 18.0 Å². The van der Waals surface area contributed by atoms with Gasteiger partial charge in [-0.3, -0.25) is 4.79 Å². The second-order valence-electron chi connectivity index (χ2n) is 3.73. The number of aromatic amines is 1. The molecule has 0 aromatic carbocycles. The van der Waals surface area contributed by atoms with Crippen molar-refractivity contribution in [1.29, 1.82) is 0 Å². The summed E-state index contributed by atoms with van der Waals surface area (Å²) in [5, 5.41) is 0.207. The first-order chi connectivity index (χ1) is 7.33. The molecule has 0 saturated carbocycles. The SMILES string of the molecule is CCCCN1C(=O)CSC1c1ccc[nH]1. The minimum Gasteiger partial charge on any atom is -0.363 e. The Hall–Kier alpha value is -0.900. The number of H-pyrrole nitrogens is 1. The predicted octanol–water partition coefficient (Wildman–Crippen LogP) is 2.39. The Bertz CT molecular complexity index is 323. The Kier molecular flexibility index (Phi) is 3.36. The quantitative estimate of drug-likeness (QED) is 0.852. The number of thioether (sulfide) groups is 1. The van der Waals surface area contributed by atoms with Gasteiger partial charge in [0.05, 0.1) is 5.75 Å². The molecule has 4 heteroatoms. The number of unbranched alkanes of at least 4 members (excludes halogenated alkanes) is 1. The third-order valence-corrected chi connectivity index (χ3v) is 3.85. The molecule has 0 spiro atoms. The lowest BCUT2D eigenvalue weighted by atomic mass is 10.3. The summed E-state index contributed by atoms with van der Waals surface area (Å²) in [5.74, 6) is 0.890. The topological polar surface area (TPSA) is 36.1 Å². The molecule has 82 valence electrons. The van der Waals surface area contributed by atoms with E-state index in [1.54, 1.807) is 11.8 Å². The van der Waals surface area contributed by atoms with E-state index in [0.29, 0.717) is 5.75 Å². The molecule has 1 saturated heterocycles. The van der Waals surface area contributed by atoms with Crippen LogP contribution >= 0.6 is 11.8 Å². The number of nitrogens with zero attached hydrogens (tertiary/aromatic N) is 1. The van der Waals surface area contributed by atoms with E-state index < -0.39 is 0 Å². The summed E-state index contributed by atoms with van der Waals surface area (Å²) in [7, 11) is 0. The normalized spacial score (nSPS) is 21.3. The van der Waals surface area contributed by atoms with Gasteiger partial charge in [-0.05, 0) is 18.6 Å². The highest BCUT2D eigenvalue weighted by Gasteiger charge is 2.32. The molecule has 1 aliphatic heterocycles. The van der Waals surface area contributed by atoms with Crippen molar-refractivity contribution in [3.63, 3.8) is 0 Å². The van der Waals surface area contributed by atoms with Crippen LogP contribution in [0, 0.1) is 0 Å². The molecule has 3 nitrogen and oxygen atoms in total. The molecule has 0 bridgehead atoms. The fraction of sp³-hybridized carbons (Fsp3) is 0.545. The molecule has 1 aromatic heterocycles. The first-order valence-electron chi connectivity index (χ1n) is 5.37. The van der Waals surface area contributed by atoms with Crippen molar-refractivity contribution in [1.82, 2.24) is 9.88 Å². The van der Waals surface area contributed by atoms with Crippen LogP contribution in [-0.2, 0) is 4.79 Å². The van der Waals surface area contributed by atoms with Gasteiger partial charge in [0.2, 0.25) is 5.91 Å². The van der Waals surface area contributed by atoms with Crippen molar-refractivity contribution in [3.05, 3.63) is 24.0 Å². The minimum atomic E-state index is 0.207. The van der Waals surface area contributed by atoms with Crippen LogP contribution in [-0.4, -0.2) is 28.1 Å². The number of aromatic nitrogens is 1. The van der Waals surface area contributed by atoms with Crippen molar-refractivity contribution in [3.8, 4) is 0 Å². The standard InChI is InChI=1S/C11H16N2OS/c1-2-3-7-13-10(14)8-15-11(13)9-5-4-6-12-9/h4-6,11-12H,2-3,7-8H2,1H3.